The number of aromatic nitrogens is 3. The van der Waals surface area contributed by atoms with E-state index in [1.54, 1.807) is 24.4 Å². The van der Waals surface area contributed by atoms with Crippen molar-refractivity contribution in [1.29, 1.82) is 0 Å². The Hall–Kier alpha value is -2.70. The number of hydrogen-bond donors (Lipinski definition) is 7. The fourth-order valence-electron chi connectivity index (χ4n) is 3.75. The molecule has 0 amide bonds. The van der Waals surface area contributed by atoms with Gasteiger partial charge in [0, 0.05) is 30.4 Å². The second-order valence-electron chi connectivity index (χ2n) is 7.39. The van der Waals surface area contributed by atoms with Gasteiger partial charge in [-0.3, -0.25) is 0 Å². The Morgan fingerprint density at radius 3 is 2.38 bits per heavy atom. The lowest BCUT2D eigenvalue weighted by Gasteiger charge is -2.29. The highest BCUT2D eigenvalue weighted by Crippen LogP contribution is 2.38. The topological polar surface area (TPSA) is 211 Å². The number of hydrazine groups is 3. The van der Waals surface area contributed by atoms with E-state index in [4.69, 9.17) is 10.9 Å². The van der Waals surface area contributed by atoms with Crippen molar-refractivity contribution in [3.8, 4) is 11.1 Å². The minimum absolute atomic E-state index is 0.0793. The van der Waals surface area contributed by atoms with Crippen molar-refractivity contribution in [3.05, 3.63) is 36.0 Å². The number of fused-ring (bicyclic) bond motifs is 1. The number of sulfone groups is 1. The Bertz CT molecular complexity index is 1430. The maximum absolute atomic E-state index is 13.2. The summed E-state index contributed by atoms with van der Waals surface area (Å²) in [6.07, 6.45) is 0.786. The molecular weight excluding hydrogens is 460 g/mol. The molecule has 0 aliphatic carbocycles. The number of nitrogen functional groups attached to an aromatic ring is 1. The van der Waals surface area contributed by atoms with Gasteiger partial charge < -0.3 is 11.1 Å². The van der Waals surface area contributed by atoms with Crippen LogP contribution in [0.3, 0.4) is 0 Å². The first-order valence-electron chi connectivity index (χ1n) is 9.44. The van der Waals surface area contributed by atoms with Crippen molar-refractivity contribution in [3.63, 3.8) is 0 Å². The van der Waals surface area contributed by atoms with Gasteiger partial charge in [-0.25, -0.2) is 37.3 Å². The number of rotatable bonds is 5. The number of sulfonamides is 1. The molecule has 2 saturated heterocycles. The summed E-state index contributed by atoms with van der Waals surface area (Å²) in [7, 11) is -8.42. The van der Waals surface area contributed by atoms with Crippen molar-refractivity contribution >= 4 is 31.5 Å². The molecule has 170 valence electrons. The molecule has 0 spiro atoms. The van der Waals surface area contributed by atoms with Crippen molar-refractivity contribution in [1.82, 2.24) is 41.8 Å². The zero-order chi connectivity index (χ0) is 22.7. The normalized spacial score (nSPS) is 18.3. The second kappa shape index (κ2) is 7.42. The van der Waals surface area contributed by atoms with E-state index in [9.17, 15) is 16.8 Å². The highest BCUT2D eigenvalue weighted by atomic mass is 32.2. The van der Waals surface area contributed by atoms with Gasteiger partial charge in [-0.15, -0.1) is 5.10 Å². The van der Waals surface area contributed by atoms with E-state index >= 15 is 0 Å². The first kappa shape index (κ1) is 21.2. The monoisotopic (exact) mass is 480 g/mol. The Balaban J connectivity index is 1.80. The lowest BCUT2D eigenvalue weighted by atomic mass is 9.99. The van der Waals surface area contributed by atoms with E-state index in [1.807, 2.05) is 0 Å². The van der Waals surface area contributed by atoms with E-state index in [-0.39, 0.29) is 29.5 Å². The van der Waals surface area contributed by atoms with Crippen LogP contribution in [0, 0.1) is 0 Å². The SMILES string of the molecule is Nc1nc2ccc(-c3ccc(S(=O)(=O)C4CNC4)c(S(N)(=O)=O)c3C3NNNN3)cn2n1. The van der Waals surface area contributed by atoms with Crippen LogP contribution in [0.2, 0.25) is 0 Å². The van der Waals surface area contributed by atoms with Crippen LogP contribution in [-0.2, 0) is 19.9 Å². The largest absolute Gasteiger partial charge is 0.366 e. The van der Waals surface area contributed by atoms with Gasteiger partial charge in [0.2, 0.25) is 16.0 Å². The zero-order valence-corrected chi connectivity index (χ0v) is 18.0. The Morgan fingerprint density at radius 1 is 1.03 bits per heavy atom. The first-order chi connectivity index (χ1) is 15.2. The van der Waals surface area contributed by atoms with Crippen LogP contribution in [0.4, 0.5) is 5.95 Å². The van der Waals surface area contributed by atoms with Crippen molar-refractivity contribution in [2.45, 2.75) is 21.2 Å². The Kier molecular flexibility index (Phi) is 4.91. The van der Waals surface area contributed by atoms with Gasteiger partial charge in [-0.05, 0) is 23.8 Å². The molecule has 1 aromatic carbocycles. The lowest BCUT2D eigenvalue weighted by molar-refractivity contribution is 0.491. The molecule has 32 heavy (non-hydrogen) atoms. The van der Waals surface area contributed by atoms with Gasteiger partial charge in [0.15, 0.2) is 15.5 Å². The van der Waals surface area contributed by atoms with Crippen LogP contribution in [0.15, 0.2) is 40.3 Å². The summed E-state index contributed by atoms with van der Waals surface area (Å²) >= 11 is 0. The summed E-state index contributed by atoms with van der Waals surface area (Å²) in [6, 6.07) is 6.19. The van der Waals surface area contributed by atoms with Crippen molar-refractivity contribution < 1.29 is 16.8 Å². The summed E-state index contributed by atoms with van der Waals surface area (Å²) in [4.78, 5) is 3.25. The number of anilines is 1. The number of hydrogen-bond acceptors (Lipinski definition) is 12. The maximum atomic E-state index is 13.2. The van der Waals surface area contributed by atoms with E-state index in [1.165, 1.54) is 10.6 Å². The van der Waals surface area contributed by atoms with Crippen molar-refractivity contribution in [2.24, 2.45) is 5.14 Å². The van der Waals surface area contributed by atoms with Gasteiger partial charge in [0.05, 0.1) is 10.1 Å². The molecule has 9 N–H and O–H groups in total. The van der Waals surface area contributed by atoms with Crippen molar-refractivity contribution in [2.75, 3.05) is 18.8 Å². The molecule has 0 atom stereocenters. The van der Waals surface area contributed by atoms with Crippen LogP contribution in [0.25, 0.3) is 16.8 Å². The highest BCUT2D eigenvalue weighted by Gasteiger charge is 2.39. The number of nitrogens with two attached hydrogens (primary N) is 2. The van der Waals surface area contributed by atoms with Crippen LogP contribution >= 0.6 is 0 Å². The predicted molar refractivity (Wildman–Crippen MR) is 113 cm³/mol. The molecule has 0 radical (unpaired) electrons. The quantitative estimate of drug-likeness (QED) is 0.202. The third-order valence-corrected chi connectivity index (χ3v) is 8.68. The molecule has 2 fully saturated rings. The molecular formula is C16H20N10O4S2. The van der Waals surface area contributed by atoms with E-state index in [0.717, 1.165) is 0 Å². The molecule has 0 saturated carbocycles. The number of pyridine rings is 1. The molecule has 2 aromatic heterocycles. The molecule has 0 bridgehead atoms. The minimum Gasteiger partial charge on any atom is -0.366 e. The molecule has 16 heteroatoms. The number of benzene rings is 1. The van der Waals surface area contributed by atoms with E-state index in [0.29, 0.717) is 16.8 Å². The summed E-state index contributed by atoms with van der Waals surface area (Å²) in [5, 5.41) is 11.8. The second-order valence-corrected chi connectivity index (χ2v) is 11.1. The molecule has 2 aliphatic heterocycles. The van der Waals surface area contributed by atoms with Gasteiger partial charge in [-0.2, -0.15) is 16.1 Å². The average molecular weight is 481 g/mol. The van der Waals surface area contributed by atoms with Gasteiger partial charge in [-0.1, -0.05) is 6.07 Å². The summed E-state index contributed by atoms with van der Waals surface area (Å²) in [5.41, 5.74) is 18.1. The van der Waals surface area contributed by atoms with Crippen LogP contribution in [0.1, 0.15) is 11.7 Å². The number of nitrogens with one attached hydrogen (secondary N) is 5. The van der Waals surface area contributed by atoms with Crippen LogP contribution in [0.5, 0.6) is 0 Å². The molecule has 0 unspecified atom stereocenters. The predicted octanol–water partition coefficient (Wildman–Crippen LogP) is -2.51. The summed E-state index contributed by atoms with van der Waals surface area (Å²) in [6.45, 7) is 0.466. The fraction of sp³-hybridized carbons (Fsp3) is 0.250. The molecule has 5 rings (SSSR count). The van der Waals surface area contributed by atoms with E-state index in [2.05, 4.69) is 37.3 Å². The van der Waals surface area contributed by atoms with Crippen LogP contribution < -0.4 is 38.1 Å². The summed E-state index contributed by atoms with van der Waals surface area (Å²) < 4.78 is 53.4. The molecule has 3 aromatic rings. The molecule has 4 heterocycles. The number of primary sulfonamides is 1. The van der Waals surface area contributed by atoms with Gasteiger partial charge >= 0.3 is 0 Å². The smallest absolute Gasteiger partial charge is 0.240 e. The van der Waals surface area contributed by atoms with E-state index < -0.39 is 36.2 Å². The fourth-order valence-corrected chi connectivity index (χ4v) is 6.99. The van der Waals surface area contributed by atoms with Crippen LogP contribution in [-0.4, -0.2) is 49.8 Å². The third-order valence-electron chi connectivity index (χ3n) is 5.38. The molecule has 14 nitrogen and oxygen atoms in total. The minimum atomic E-state index is -4.46. The maximum Gasteiger partial charge on any atom is 0.240 e. The number of nitrogens with zero attached hydrogens (tertiary/aromatic N) is 3. The van der Waals surface area contributed by atoms with Gasteiger partial charge in [0.25, 0.3) is 0 Å². The first-order valence-corrected chi connectivity index (χ1v) is 12.5. The zero-order valence-electron chi connectivity index (χ0n) is 16.4. The molecule has 2 aliphatic rings. The summed E-state index contributed by atoms with van der Waals surface area (Å²) in [5.74, 6) is 0.0793. The highest BCUT2D eigenvalue weighted by molar-refractivity contribution is 7.94. The Morgan fingerprint density at radius 2 is 1.75 bits per heavy atom. The van der Waals surface area contributed by atoms with Gasteiger partial charge in [0.1, 0.15) is 11.1 Å². The average Bonchev–Trinajstić information content (AvgIpc) is 3.32. The lowest BCUT2D eigenvalue weighted by Crippen LogP contribution is -2.51. The standard InChI is InChI=1S/C16H20N10O4S2/c17-16-20-12-4-1-8(7-26(12)23-16)10-2-3-11(31(27,28)9-5-19-6-9)14(32(18,29)30)13(10)15-21-24-25-22-15/h1-4,7,9,15,19,21-22,24-25H,5-6H2,(H2,17,23)(H2,18,29,30). The Labute approximate surface area is 182 Å². The third kappa shape index (κ3) is 3.42.